The van der Waals surface area contributed by atoms with Crippen molar-refractivity contribution < 1.29 is 14.3 Å². The number of ether oxygens (including phenoxy) is 1. The zero-order valence-electron chi connectivity index (χ0n) is 16.3. The van der Waals surface area contributed by atoms with Crippen molar-refractivity contribution in [2.45, 2.75) is 40.2 Å². The van der Waals surface area contributed by atoms with Crippen molar-refractivity contribution in [3.05, 3.63) is 58.7 Å². The Morgan fingerprint density at radius 2 is 1.78 bits per heavy atom. The van der Waals surface area contributed by atoms with Gasteiger partial charge in [0.15, 0.2) is 0 Å². The highest BCUT2D eigenvalue weighted by Gasteiger charge is 2.39. The molecule has 27 heavy (non-hydrogen) atoms. The summed E-state index contributed by atoms with van der Waals surface area (Å²) in [6, 6.07) is 11.3. The molecule has 1 atom stereocenters. The number of hydrogen-bond donors (Lipinski definition) is 1. The normalized spacial score (nSPS) is 15.6. The van der Waals surface area contributed by atoms with Gasteiger partial charge in [-0.05, 0) is 49.9 Å². The molecule has 2 amide bonds. The largest absolute Gasteiger partial charge is 0.493 e. The number of benzene rings is 2. The minimum absolute atomic E-state index is 0.0755. The summed E-state index contributed by atoms with van der Waals surface area (Å²) >= 11 is 0. The summed E-state index contributed by atoms with van der Waals surface area (Å²) in [5, 5.41) is 2.81. The van der Waals surface area contributed by atoms with E-state index in [4.69, 9.17) is 4.74 Å². The highest BCUT2D eigenvalue weighted by atomic mass is 16.5. The molecule has 2 aromatic carbocycles. The Kier molecular flexibility index (Phi) is 5.49. The Morgan fingerprint density at radius 3 is 2.48 bits per heavy atom. The van der Waals surface area contributed by atoms with Crippen LogP contribution in [0, 0.1) is 20.8 Å². The molecule has 0 saturated heterocycles. The highest BCUT2D eigenvalue weighted by Crippen LogP contribution is 2.40. The Hall–Kier alpha value is -2.82. The molecule has 1 aliphatic rings. The van der Waals surface area contributed by atoms with E-state index in [1.54, 1.807) is 4.90 Å². The van der Waals surface area contributed by atoms with Crippen LogP contribution >= 0.6 is 0 Å². The minimum Gasteiger partial charge on any atom is -0.493 e. The van der Waals surface area contributed by atoms with E-state index in [1.807, 2.05) is 57.2 Å². The Bertz CT molecular complexity index is 876. The molecule has 142 valence electrons. The summed E-state index contributed by atoms with van der Waals surface area (Å²) in [7, 11) is 0. The molecule has 2 aromatic rings. The molecule has 0 fully saturated rings. The van der Waals surface area contributed by atoms with Gasteiger partial charge < -0.3 is 15.0 Å². The Labute approximate surface area is 160 Å². The summed E-state index contributed by atoms with van der Waals surface area (Å²) in [4.78, 5) is 26.4. The third kappa shape index (κ3) is 3.82. The standard InChI is InChI=1S/C22H26N2O3/c1-14-8-5-6-9-18(14)27-13-7-12-24-21-16(3)11-10-15(2)19(21)20(22(24)26)23-17(4)25/h5-6,8-11,20H,7,12-13H2,1-4H3,(H,23,25)/t20-/m0/s1. The van der Waals surface area contributed by atoms with Crippen LogP contribution in [0.4, 0.5) is 5.69 Å². The smallest absolute Gasteiger partial charge is 0.254 e. The second-order valence-corrected chi connectivity index (χ2v) is 7.05. The van der Waals surface area contributed by atoms with E-state index in [9.17, 15) is 9.59 Å². The molecule has 0 aromatic heterocycles. The maximum Gasteiger partial charge on any atom is 0.254 e. The fourth-order valence-corrected chi connectivity index (χ4v) is 3.61. The first kappa shape index (κ1) is 19.0. The van der Waals surface area contributed by atoms with Crippen LogP contribution in [-0.4, -0.2) is 25.0 Å². The number of rotatable bonds is 6. The molecule has 1 aliphatic heterocycles. The van der Waals surface area contributed by atoms with E-state index in [-0.39, 0.29) is 11.8 Å². The third-order valence-electron chi connectivity index (χ3n) is 4.93. The van der Waals surface area contributed by atoms with E-state index in [0.29, 0.717) is 19.6 Å². The lowest BCUT2D eigenvalue weighted by atomic mass is 9.99. The van der Waals surface area contributed by atoms with Gasteiger partial charge in [-0.1, -0.05) is 30.3 Å². The molecule has 0 saturated carbocycles. The quantitative estimate of drug-likeness (QED) is 0.795. The number of fused-ring (bicyclic) bond motifs is 1. The van der Waals surface area contributed by atoms with Crippen molar-refractivity contribution in [2.24, 2.45) is 0 Å². The van der Waals surface area contributed by atoms with Crippen molar-refractivity contribution in [1.82, 2.24) is 5.32 Å². The van der Waals surface area contributed by atoms with Crippen molar-refractivity contribution >= 4 is 17.5 Å². The first-order valence-electron chi connectivity index (χ1n) is 9.27. The average Bonchev–Trinajstić information content (AvgIpc) is 2.90. The fourth-order valence-electron chi connectivity index (χ4n) is 3.61. The van der Waals surface area contributed by atoms with Crippen LogP contribution in [0.1, 0.15) is 41.6 Å². The number of amides is 2. The lowest BCUT2D eigenvalue weighted by Crippen LogP contribution is -2.37. The van der Waals surface area contributed by atoms with Crippen molar-refractivity contribution in [2.75, 3.05) is 18.1 Å². The van der Waals surface area contributed by atoms with Gasteiger partial charge in [0.25, 0.3) is 5.91 Å². The van der Waals surface area contributed by atoms with Crippen LogP contribution in [0.3, 0.4) is 0 Å². The third-order valence-corrected chi connectivity index (χ3v) is 4.93. The summed E-state index contributed by atoms with van der Waals surface area (Å²) in [6.45, 7) is 8.51. The lowest BCUT2D eigenvalue weighted by molar-refractivity contribution is -0.126. The molecule has 5 heteroatoms. The van der Waals surface area contributed by atoms with E-state index in [0.717, 1.165) is 33.7 Å². The van der Waals surface area contributed by atoms with E-state index < -0.39 is 6.04 Å². The number of nitrogens with zero attached hydrogens (tertiary/aromatic N) is 1. The predicted octanol–water partition coefficient (Wildman–Crippen LogP) is 3.60. The van der Waals surface area contributed by atoms with Gasteiger partial charge in [-0.3, -0.25) is 9.59 Å². The molecule has 1 N–H and O–H groups in total. The molecular weight excluding hydrogens is 340 g/mol. The second kappa shape index (κ2) is 7.82. The monoisotopic (exact) mass is 366 g/mol. The number of carbonyl (C=O) groups excluding carboxylic acids is 2. The van der Waals surface area contributed by atoms with Crippen LogP contribution in [0.5, 0.6) is 5.75 Å². The summed E-state index contributed by atoms with van der Waals surface area (Å²) < 4.78 is 5.86. The SMILES string of the molecule is CC(=O)N[C@@H]1C(=O)N(CCCOc2ccccc2C)c2c(C)ccc(C)c21. The van der Waals surface area contributed by atoms with Gasteiger partial charge in [0.2, 0.25) is 5.91 Å². The second-order valence-electron chi connectivity index (χ2n) is 7.05. The number of nitrogens with one attached hydrogen (secondary N) is 1. The molecular formula is C22H26N2O3. The van der Waals surface area contributed by atoms with Crippen LogP contribution in [0.15, 0.2) is 36.4 Å². The number of hydrogen-bond acceptors (Lipinski definition) is 3. The average molecular weight is 366 g/mol. The number of carbonyl (C=O) groups is 2. The number of aryl methyl sites for hydroxylation is 3. The molecule has 0 bridgehead atoms. The van der Waals surface area contributed by atoms with Crippen molar-refractivity contribution in [3.8, 4) is 5.75 Å². The van der Waals surface area contributed by atoms with Gasteiger partial charge in [0.1, 0.15) is 11.8 Å². The molecule has 0 unspecified atom stereocenters. The minimum atomic E-state index is -0.602. The first-order chi connectivity index (χ1) is 12.9. The van der Waals surface area contributed by atoms with Crippen LogP contribution < -0.4 is 15.0 Å². The molecule has 0 radical (unpaired) electrons. The molecule has 3 rings (SSSR count). The topological polar surface area (TPSA) is 58.6 Å². The maximum absolute atomic E-state index is 13.0. The zero-order valence-corrected chi connectivity index (χ0v) is 16.3. The summed E-state index contributed by atoms with van der Waals surface area (Å²) in [5.74, 6) is 0.590. The van der Waals surface area contributed by atoms with Gasteiger partial charge >= 0.3 is 0 Å². The maximum atomic E-state index is 13.0. The van der Waals surface area contributed by atoms with Gasteiger partial charge in [0, 0.05) is 19.0 Å². The molecule has 0 aliphatic carbocycles. The van der Waals surface area contributed by atoms with Crippen molar-refractivity contribution in [3.63, 3.8) is 0 Å². The Morgan fingerprint density at radius 1 is 1.07 bits per heavy atom. The predicted molar refractivity (Wildman–Crippen MR) is 106 cm³/mol. The van der Waals surface area contributed by atoms with Gasteiger partial charge in [-0.15, -0.1) is 0 Å². The van der Waals surface area contributed by atoms with Gasteiger partial charge in [0.05, 0.1) is 12.3 Å². The summed E-state index contributed by atoms with van der Waals surface area (Å²) in [6.07, 6.45) is 0.708. The molecule has 5 nitrogen and oxygen atoms in total. The fraction of sp³-hybridized carbons (Fsp3) is 0.364. The van der Waals surface area contributed by atoms with E-state index in [1.165, 1.54) is 6.92 Å². The van der Waals surface area contributed by atoms with Crippen LogP contribution in [0.25, 0.3) is 0 Å². The lowest BCUT2D eigenvalue weighted by Gasteiger charge is -2.20. The first-order valence-corrected chi connectivity index (χ1v) is 9.27. The summed E-state index contributed by atoms with van der Waals surface area (Å²) in [5.41, 5.74) is 4.99. The Balaban J connectivity index is 1.74. The molecule has 1 heterocycles. The van der Waals surface area contributed by atoms with Gasteiger partial charge in [-0.25, -0.2) is 0 Å². The van der Waals surface area contributed by atoms with Crippen LogP contribution in [-0.2, 0) is 9.59 Å². The highest BCUT2D eigenvalue weighted by molar-refractivity contribution is 6.07. The van der Waals surface area contributed by atoms with Crippen molar-refractivity contribution in [1.29, 1.82) is 0 Å². The molecule has 0 spiro atoms. The van der Waals surface area contributed by atoms with E-state index >= 15 is 0 Å². The number of anilines is 1. The van der Waals surface area contributed by atoms with E-state index in [2.05, 4.69) is 5.32 Å². The van der Waals surface area contributed by atoms with Crippen LogP contribution in [0.2, 0.25) is 0 Å². The number of para-hydroxylation sites is 1. The van der Waals surface area contributed by atoms with Gasteiger partial charge in [-0.2, -0.15) is 0 Å². The zero-order chi connectivity index (χ0) is 19.6.